The highest BCUT2D eigenvalue weighted by Gasteiger charge is 2.19. The van der Waals surface area contributed by atoms with Gasteiger partial charge in [-0.15, -0.1) is 0 Å². The van der Waals surface area contributed by atoms with E-state index in [1.807, 2.05) is 29.0 Å². The van der Waals surface area contributed by atoms with Crippen LogP contribution in [0.25, 0.3) is 17.2 Å². The summed E-state index contributed by atoms with van der Waals surface area (Å²) < 4.78 is 8.40. The van der Waals surface area contributed by atoms with Crippen molar-refractivity contribution in [3.05, 3.63) is 87.7 Å². The maximum atomic E-state index is 12.7. The Morgan fingerprint density at radius 3 is 2.79 bits per heavy atom. The van der Waals surface area contributed by atoms with Gasteiger partial charge in [-0.25, -0.2) is 14.6 Å². The van der Waals surface area contributed by atoms with E-state index in [1.54, 1.807) is 43.5 Å². The molecule has 1 aromatic carbocycles. The number of aromatic nitrogens is 4. The maximum absolute atomic E-state index is 12.7. The molecule has 8 heteroatoms. The van der Waals surface area contributed by atoms with E-state index < -0.39 is 11.7 Å². The molecule has 1 aromatic heterocycles. The van der Waals surface area contributed by atoms with Crippen LogP contribution in [-0.2, 0) is 11.3 Å². The predicted octanol–water partition coefficient (Wildman–Crippen LogP) is 3.41. The first-order valence-electron chi connectivity index (χ1n) is 9.02. The van der Waals surface area contributed by atoms with Crippen molar-refractivity contribution in [2.24, 2.45) is 0 Å². The lowest BCUT2D eigenvalue weighted by Gasteiger charge is -2.13. The Balaban J connectivity index is 1.74. The number of benzene rings is 1. The van der Waals surface area contributed by atoms with Crippen LogP contribution in [0.3, 0.4) is 0 Å². The van der Waals surface area contributed by atoms with Crippen LogP contribution in [0.15, 0.2) is 65.7 Å². The van der Waals surface area contributed by atoms with Gasteiger partial charge in [0.2, 0.25) is 0 Å². The Morgan fingerprint density at radius 1 is 1.17 bits per heavy atom. The van der Waals surface area contributed by atoms with Gasteiger partial charge in [-0.1, -0.05) is 23.7 Å². The van der Waals surface area contributed by atoms with Crippen LogP contribution >= 0.6 is 11.6 Å². The van der Waals surface area contributed by atoms with Crippen molar-refractivity contribution in [3.8, 4) is 17.2 Å². The van der Waals surface area contributed by atoms with E-state index in [0.717, 1.165) is 5.56 Å². The highest BCUT2D eigenvalue weighted by Crippen LogP contribution is 2.23. The van der Waals surface area contributed by atoms with E-state index >= 15 is 0 Å². The quantitative estimate of drug-likeness (QED) is 0.373. The first-order chi connectivity index (χ1) is 14.1. The number of rotatable bonds is 5. The number of halogens is 1. The van der Waals surface area contributed by atoms with Gasteiger partial charge in [-0.05, 0) is 48.9 Å². The molecule has 2 aromatic rings. The van der Waals surface area contributed by atoms with Crippen LogP contribution in [0.1, 0.15) is 22.8 Å². The molecule has 7 nitrogen and oxygen atoms in total. The summed E-state index contributed by atoms with van der Waals surface area (Å²) in [5, 5.41) is 0.421. The van der Waals surface area contributed by atoms with Gasteiger partial charge >= 0.3 is 11.7 Å². The van der Waals surface area contributed by atoms with E-state index in [4.69, 9.17) is 16.3 Å². The first-order valence-corrected chi connectivity index (χ1v) is 9.40. The Morgan fingerprint density at radius 2 is 2.03 bits per heavy atom. The Hall–Kier alpha value is -3.45. The molecule has 0 N–H and O–H groups in total. The molecular formula is C21H17ClN4O3. The summed E-state index contributed by atoms with van der Waals surface area (Å²) in [4.78, 5) is 33.0. The third-order valence-electron chi connectivity index (χ3n) is 4.41. The lowest BCUT2D eigenvalue weighted by atomic mass is 10.2. The molecule has 0 saturated carbocycles. The molecule has 0 saturated heterocycles. The average molecular weight is 409 g/mol. The lowest BCUT2D eigenvalue weighted by Crippen LogP contribution is -2.15. The van der Waals surface area contributed by atoms with E-state index in [0.29, 0.717) is 34.5 Å². The van der Waals surface area contributed by atoms with Crippen LogP contribution in [0.5, 0.6) is 0 Å². The molecule has 0 spiro atoms. The zero-order valence-corrected chi connectivity index (χ0v) is 16.3. The molecule has 0 atom stereocenters. The molecule has 0 unspecified atom stereocenters. The smallest absolute Gasteiger partial charge is 0.354 e. The summed E-state index contributed by atoms with van der Waals surface area (Å²) in [6, 6.07) is 14.0. The number of imidazole rings is 1. The zero-order chi connectivity index (χ0) is 20.4. The van der Waals surface area contributed by atoms with Gasteiger partial charge in [0.25, 0.3) is 0 Å². The van der Waals surface area contributed by atoms with Crippen LogP contribution in [0, 0.1) is 0 Å². The number of ether oxygens (including phenoxy) is 1. The molecule has 0 amide bonds. The molecule has 3 heterocycles. The van der Waals surface area contributed by atoms with Crippen molar-refractivity contribution in [1.29, 1.82) is 0 Å². The van der Waals surface area contributed by atoms with Crippen molar-refractivity contribution in [3.63, 3.8) is 0 Å². The van der Waals surface area contributed by atoms with Gasteiger partial charge in [-0.3, -0.25) is 4.57 Å². The second-order valence-electron chi connectivity index (χ2n) is 6.33. The van der Waals surface area contributed by atoms with E-state index in [9.17, 15) is 9.59 Å². The topological polar surface area (TPSA) is 79.0 Å². The summed E-state index contributed by atoms with van der Waals surface area (Å²) in [6.07, 6.45) is 3.54. The molecule has 4 rings (SSSR count). The number of pyridine rings is 2. The van der Waals surface area contributed by atoms with Gasteiger partial charge in [0, 0.05) is 12.4 Å². The van der Waals surface area contributed by atoms with Crippen LogP contribution < -0.4 is 5.69 Å². The Labute approximate surface area is 171 Å². The minimum Gasteiger partial charge on any atom is -0.462 e. The van der Waals surface area contributed by atoms with Gasteiger partial charge in [0.15, 0.2) is 5.82 Å². The van der Waals surface area contributed by atoms with Crippen LogP contribution in [-0.4, -0.2) is 31.7 Å². The van der Waals surface area contributed by atoms with E-state index in [-0.39, 0.29) is 6.61 Å². The van der Waals surface area contributed by atoms with Gasteiger partial charge in [-0.2, -0.15) is 4.98 Å². The largest absolute Gasteiger partial charge is 0.462 e. The Kier molecular flexibility index (Phi) is 5.14. The monoisotopic (exact) mass is 408 g/mol. The number of hydrogen-bond acceptors (Lipinski definition) is 5. The first kappa shape index (κ1) is 18.9. The highest BCUT2D eigenvalue weighted by atomic mass is 35.5. The normalized spacial score (nSPS) is 11.0. The molecule has 0 radical (unpaired) electrons. The summed E-state index contributed by atoms with van der Waals surface area (Å²) in [5.74, 6) is 0.102. The summed E-state index contributed by atoms with van der Waals surface area (Å²) in [5.41, 5.74) is 2.07. The summed E-state index contributed by atoms with van der Waals surface area (Å²) in [7, 11) is 0. The minimum atomic E-state index is -0.434. The standard InChI is InChI=1S/C21H17ClN4O3/c1-2-29-20(27)15-5-3-6-16(11-15)26-17-7-4-10-25(19(17)24-21(26)28)13-14-8-9-18(22)23-12-14/h3-12H,2,13H2,1H3. The number of carbonyl (C=O) groups excluding carboxylic acids is 1. The van der Waals surface area contributed by atoms with Crippen molar-refractivity contribution in [2.45, 2.75) is 13.5 Å². The van der Waals surface area contributed by atoms with Crippen molar-refractivity contribution < 1.29 is 9.53 Å². The van der Waals surface area contributed by atoms with E-state index in [2.05, 4.69) is 9.97 Å². The van der Waals surface area contributed by atoms with Crippen molar-refractivity contribution in [2.75, 3.05) is 6.61 Å². The second-order valence-corrected chi connectivity index (χ2v) is 6.72. The predicted molar refractivity (Wildman–Crippen MR) is 109 cm³/mol. The van der Waals surface area contributed by atoms with Crippen LogP contribution in [0.2, 0.25) is 5.15 Å². The molecule has 29 heavy (non-hydrogen) atoms. The Bertz CT molecular complexity index is 1200. The molecule has 2 aliphatic heterocycles. The number of esters is 1. The SMILES string of the molecule is CCOC(=O)c1cccc(-n2c3cccn(Cc4ccc(Cl)nc4)c-3nc2=O)c1. The fraction of sp³-hybridized carbons (Fsp3) is 0.143. The minimum absolute atomic E-state index is 0.281. The molecule has 146 valence electrons. The number of nitrogens with zero attached hydrogens (tertiary/aromatic N) is 4. The molecule has 0 fully saturated rings. The highest BCUT2D eigenvalue weighted by molar-refractivity contribution is 6.29. The fourth-order valence-electron chi connectivity index (χ4n) is 3.13. The lowest BCUT2D eigenvalue weighted by molar-refractivity contribution is 0.0526. The summed E-state index contributed by atoms with van der Waals surface area (Å²) >= 11 is 5.85. The average Bonchev–Trinajstić information content (AvgIpc) is 3.07. The van der Waals surface area contributed by atoms with Gasteiger partial charge in [0.1, 0.15) is 5.15 Å². The van der Waals surface area contributed by atoms with Crippen molar-refractivity contribution >= 4 is 17.6 Å². The molecule has 2 aliphatic rings. The fourth-order valence-corrected chi connectivity index (χ4v) is 3.24. The maximum Gasteiger partial charge on any atom is 0.354 e. The van der Waals surface area contributed by atoms with Crippen molar-refractivity contribution in [1.82, 2.24) is 19.1 Å². The van der Waals surface area contributed by atoms with Gasteiger partial charge in [0.05, 0.1) is 30.1 Å². The zero-order valence-electron chi connectivity index (χ0n) is 15.6. The molecule has 0 bridgehead atoms. The number of carbonyl (C=O) groups is 1. The summed E-state index contributed by atoms with van der Waals surface area (Å²) in [6.45, 7) is 2.51. The molecule has 0 aliphatic carbocycles. The molecular weight excluding hydrogens is 392 g/mol. The van der Waals surface area contributed by atoms with Gasteiger partial charge < -0.3 is 9.30 Å². The third kappa shape index (κ3) is 3.77. The third-order valence-corrected chi connectivity index (χ3v) is 4.64. The van der Waals surface area contributed by atoms with E-state index in [1.165, 1.54) is 4.57 Å². The number of fused-ring (bicyclic) bond motifs is 1. The second kappa shape index (κ2) is 7.89. The van der Waals surface area contributed by atoms with Crippen LogP contribution in [0.4, 0.5) is 0 Å². The number of hydrogen-bond donors (Lipinski definition) is 0.